The SMILES string of the molecule is CC(C)[C@@H](NC(=O)c1ccco1)C(=O)OCCN1C(=O)c2ccccc2C1=O. The van der Waals surface area contributed by atoms with Crippen LogP contribution in [-0.2, 0) is 9.53 Å². The van der Waals surface area contributed by atoms with Crippen molar-refractivity contribution in [2.45, 2.75) is 19.9 Å². The number of fused-ring (bicyclic) bond motifs is 1. The number of hydrogen-bond donors (Lipinski definition) is 1. The van der Waals surface area contributed by atoms with Gasteiger partial charge in [-0.2, -0.15) is 0 Å². The average Bonchev–Trinajstić information content (AvgIpc) is 3.29. The van der Waals surface area contributed by atoms with E-state index in [4.69, 9.17) is 9.15 Å². The Morgan fingerprint density at radius 2 is 1.71 bits per heavy atom. The Kier molecular flexibility index (Phi) is 5.58. The maximum atomic E-state index is 12.4. The fraction of sp³-hybridized carbons (Fsp3) is 0.300. The summed E-state index contributed by atoms with van der Waals surface area (Å²) in [6.07, 6.45) is 1.36. The Labute approximate surface area is 161 Å². The van der Waals surface area contributed by atoms with Crippen molar-refractivity contribution in [3.05, 3.63) is 59.5 Å². The molecular formula is C20H20N2O6. The van der Waals surface area contributed by atoms with Gasteiger partial charge in [0.15, 0.2) is 5.76 Å². The highest BCUT2D eigenvalue weighted by molar-refractivity contribution is 6.21. The molecule has 0 bridgehead atoms. The van der Waals surface area contributed by atoms with E-state index in [0.717, 1.165) is 4.90 Å². The molecule has 0 radical (unpaired) electrons. The van der Waals surface area contributed by atoms with E-state index in [0.29, 0.717) is 11.1 Å². The molecule has 3 amide bonds. The van der Waals surface area contributed by atoms with Gasteiger partial charge < -0.3 is 14.5 Å². The van der Waals surface area contributed by atoms with E-state index in [1.54, 1.807) is 44.2 Å². The standard InChI is InChI=1S/C20H20N2O6/c1-12(2)16(21-17(23)15-8-5-10-27-15)20(26)28-11-9-22-18(24)13-6-3-4-7-14(13)19(22)25/h3-8,10,12,16H,9,11H2,1-2H3,(H,21,23)/t16-/m1/s1. The van der Waals surface area contributed by atoms with Gasteiger partial charge in [0.05, 0.1) is 23.9 Å². The Hall–Kier alpha value is -3.42. The number of hydrogen-bond acceptors (Lipinski definition) is 6. The van der Waals surface area contributed by atoms with Crippen LogP contribution in [0.3, 0.4) is 0 Å². The molecule has 1 N–H and O–H groups in total. The summed E-state index contributed by atoms with van der Waals surface area (Å²) in [5, 5.41) is 2.57. The summed E-state index contributed by atoms with van der Waals surface area (Å²) in [5.74, 6) is -2.14. The van der Waals surface area contributed by atoms with Gasteiger partial charge in [-0.15, -0.1) is 0 Å². The van der Waals surface area contributed by atoms with Gasteiger partial charge in [0.2, 0.25) is 0 Å². The zero-order chi connectivity index (χ0) is 20.3. The van der Waals surface area contributed by atoms with Gasteiger partial charge in [0.1, 0.15) is 12.6 Å². The van der Waals surface area contributed by atoms with Crippen LogP contribution in [-0.4, -0.2) is 47.8 Å². The topological polar surface area (TPSA) is 106 Å². The van der Waals surface area contributed by atoms with Crippen LogP contribution in [0.15, 0.2) is 47.1 Å². The molecule has 2 aromatic rings. The number of furan rings is 1. The molecule has 0 saturated carbocycles. The van der Waals surface area contributed by atoms with Crippen molar-refractivity contribution in [3.8, 4) is 0 Å². The second kappa shape index (κ2) is 8.08. The molecule has 1 aromatic carbocycles. The second-order valence-electron chi connectivity index (χ2n) is 6.65. The first-order valence-electron chi connectivity index (χ1n) is 8.86. The lowest BCUT2D eigenvalue weighted by Gasteiger charge is -2.21. The molecule has 1 atom stereocenters. The lowest BCUT2D eigenvalue weighted by atomic mass is 10.0. The van der Waals surface area contributed by atoms with Crippen LogP contribution >= 0.6 is 0 Å². The molecule has 0 spiro atoms. The number of ether oxygens (including phenoxy) is 1. The molecule has 146 valence electrons. The highest BCUT2D eigenvalue weighted by Gasteiger charge is 2.35. The molecule has 28 heavy (non-hydrogen) atoms. The van der Waals surface area contributed by atoms with Crippen LogP contribution in [0.1, 0.15) is 45.1 Å². The number of esters is 1. The monoisotopic (exact) mass is 384 g/mol. The molecule has 8 nitrogen and oxygen atoms in total. The molecule has 1 aromatic heterocycles. The van der Waals surface area contributed by atoms with Crippen molar-refractivity contribution in [2.24, 2.45) is 5.92 Å². The van der Waals surface area contributed by atoms with Crippen LogP contribution < -0.4 is 5.32 Å². The first-order valence-corrected chi connectivity index (χ1v) is 8.86. The fourth-order valence-electron chi connectivity index (χ4n) is 2.89. The molecule has 0 aliphatic carbocycles. The van der Waals surface area contributed by atoms with Gasteiger partial charge in [-0.25, -0.2) is 4.79 Å². The summed E-state index contributed by atoms with van der Waals surface area (Å²) in [7, 11) is 0. The van der Waals surface area contributed by atoms with Crippen molar-refractivity contribution in [1.82, 2.24) is 10.2 Å². The molecule has 0 unspecified atom stereocenters. The van der Waals surface area contributed by atoms with Gasteiger partial charge in [-0.1, -0.05) is 26.0 Å². The third kappa shape index (κ3) is 3.80. The predicted molar refractivity (Wildman–Crippen MR) is 97.6 cm³/mol. The van der Waals surface area contributed by atoms with Crippen LogP contribution in [0.25, 0.3) is 0 Å². The highest BCUT2D eigenvalue weighted by atomic mass is 16.5. The first-order chi connectivity index (χ1) is 13.4. The average molecular weight is 384 g/mol. The number of carbonyl (C=O) groups excluding carboxylic acids is 4. The minimum Gasteiger partial charge on any atom is -0.462 e. The van der Waals surface area contributed by atoms with E-state index in [1.807, 2.05) is 0 Å². The van der Waals surface area contributed by atoms with Crippen LogP contribution in [0.2, 0.25) is 0 Å². The van der Waals surface area contributed by atoms with E-state index in [1.165, 1.54) is 12.3 Å². The normalized spacial score (nSPS) is 14.2. The number of benzene rings is 1. The first kappa shape index (κ1) is 19.3. The fourth-order valence-corrected chi connectivity index (χ4v) is 2.89. The zero-order valence-corrected chi connectivity index (χ0v) is 15.5. The minimum atomic E-state index is -0.889. The molecule has 1 aliphatic rings. The van der Waals surface area contributed by atoms with E-state index in [-0.39, 0.29) is 24.8 Å². The number of carbonyl (C=O) groups is 4. The lowest BCUT2D eigenvalue weighted by molar-refractivity contribution is -0.147. The zero-order valence-electron chi connectivity index (χ0n) is 15.5. The van der Waals surface area contributed by atoms with E-state index < -0.39 is 29.7 Å². The maximum Gasteiger partial charge on any atom is 0.328 e. The molecule has 0 saturated heterocycles. The second-order valence-corrected chi connectivity index (χ2v) is 6.65. The van der Waals surface area contributed by atoms with Crippen molar-refractivity contribution < 1.29 is 28.3 Å². The van der Waals surface area contributed by atoms with Crippen LogP contribution in [0.4, 0.5) is 0 Å². The molecule has 3 rings (SSSR count). The summed E-state index contributed by atoms with van der Waals surface area (Å²) in [4.78, 5) is 50.1. The van der Waals surface area contributed by atoms with Crippen LogP contribution in [0, 0.1) is 5.92 Å². The Morgan fingerprint density at radius 1 is 1.07 bits per heavy atom. The van der Waals surface area contributed by atoms with Crippen molar-refractivity contribution in [1.29, 1.82) is 0 Å². The van der Waals surface area contributed by atoms with Gasteiger partial charge in [0, 0.05) is 0 Å². The third-order valence-electron chi connectivity index (χ3n) is 4.39. The lowest BCUT2D eigenvalue weighted by Crippen LogP contribution is -2.46. The third-order valence-corrected chi connectivity index (χ3v) is 4.39. The predicted octanol–water partition coefficient (Wildman–Crippen LogP) is 1.87. The smallest absolute Gasteiger partial charge is 0.328 e. The van der Waals surface area contributed by atoms with Crippen molar-refractivity contribution >= 4 is 23.7 Å². The molecular weight excluding hydrogens is 364 g/mol. The minimum absolute atomic E-state index is 0.0605. The highest BCUT2D eigenvalue weighted by Crippen LogP contribution is 2.22. The molecule has 1 aliphatic heterocycles. The summed E-state index contributed by atoms with van der Waals surface area (Å²) in [5.41, 5.74) is 0.675. The molecule has 0 fully saturated rings. The number of rotatable bonds is 7. The van der Waals surface area contributed by atoms with E-state index in [2.05, 4.69) is 5.32 Å². The number of imide groups is 1. The van der Waals surface area contributed by atoms with Gasteiger partial charge in [-0.05, 0) is 30.2 Å². The van der Waals surface area contributed by atoms with Crippen LogP contribution in [0.5, 0.6) is 0 Å². The van der Waals surface area contributed by atoms with E-state index >= 15 is 0 Å². The number of amides is 3. The van der Waals surface area contributed by atoms with E-state index in [9.17, 15) is 19.2 Å². The van der Waals surface area contributed by atoms with Gasteiger partial charge in [-0.3, -0.25) is 19.3 Å². The Morgan fingerprint density at radius 3 is 2.25 bits per heavy atom. The Bertz CT molecular complexity index is 868. The quantitative estimate of drug-likeness (QED) is 0.577. The summed E-state index contributed by atoms with van der Waals surface area (Å²) < 4.78 is 10.2. The molecule has 2 heterocycles. The van der Waals surface area contributed by atoms with Crippen molar-refractivity contribution in [2.75, 3.05) is 13.2 Å². The summed E-state index contributed by atoms with van der Waals surface area (Å²) in [6, 6.07) is 8.70. The largest absolute Gasteiger partial charge is 0.462 e. The number of nitrogens with one attached hydrogen (secondary N) is 1. The summed E-state index contributed by atoms with van der Waals surface area (Å²) in [6.45, 7) is 3.30. The number of nitrogens with zero attached hydrogens (tertiary/aromatic N) is 1. The Balaban J connectivity index is 1.56. The van der Waals surface area contributed by atoms with Gasteiger partial charge in [0.25, 0.3) is 17.7 Å². The molecule has 8 heteroatoms. The van der Waals surface area contributed by atoms with Gasteiger partial charge >= 0.3 is 5.97 Å². The van der Waals surface area contributed by atoms with Crippen molar-refractivity contribution in [3.63, 3.8) is 0 Å². The maximum absolute atomic E-state index is 12.4. The summed E-state index contributed by atoms with van der Waals surface area (Å²) >= 11 is 0.